The number of esters is 1. The molecule has 35 heavy (non-hydrogen) atoms. The maximum atomic E-state index is 14.0. The molecule has 2 heterocycles. The van der Waals surface area contributed by atoms with E-state index in [1.54, 1.807) is 55.6 Å². The molecule has 0 aliphatic carbocycles. The number of benzene rings is 3. The highest BCUT2D eigenvalue weighted by atomic mass is 16.5. The highest BCUT2D eigenvalue weighted by molar-refractivity contribution is 6.12. The van der Waals surface area contributed by atoms with E-state index < -0.39 is 23.2 Å². The second-order valence-corrected chi connectivity index (χ2v) is 9.12. The molecule has 3 aromatic carbocycles. The third-order valence-electron chi connectivity index (χ3n) is 7.29. The van der Waals surface area contributed by atoms with E-state index in [2.05, 4.69) is 0 Å². The maximum absolute atomic E-state index is 14.0. The Morgan fingerprint density at radius 3 is 2.00 bits per heavy atom. The molecule has 2 aliphatic heterocycles. The summed E-state index contributed by atoms with van der Waals surface area (Å²) in [5.41, 5.74) is 0.978. The van der Waals surface area contributed by atoms with E-state index in [0.29, 0.717) is 22.4 Å². The number of hydrogen-bond donors (Lipinski definition) is 0. The van der Waals surface area contributed by atoms with Crippen molar-refractivity contribution in [1.82, 2.24) is 0 Å². The number of para-hydroxylation sites is 1. The number of ketones is 2. The molecule has 0 saturated carbocycles. The Morgan fingerprint density at radius 1 is 0.829 bits per heavy atom. The van der Waals surface area contributed by atoms with Gasteiger partial charge < -0.3 is 9.64 Å². The first-order valence-electron chi connectivity index (χ1n) is 11.7. The lowest BCUT2D eigenvalue weighted by molar-refractivity contribution is -0.167. The van der Waals surface area contributed by atoms with Crippen molar-refractivity contribution in [2.24, 2.45) is 11.8 Å². The van der Waals surface area contributed by atoms with E-state index in [9.17, 15) is 19.2 Å². The molecule has 0 N–H and O–H groups in total. The number of likely N-dealkylation sites (N-methyl/N-ethyl adjacent to an activating group) is 1. The van der Waals surface area contributed by atoms with Gasteiger partial charge in [0.1, 0.15) is 0 Å². The third-order valence-corrected chi connectivity index (χ3v) is 7.29. The summed E-state index contributed by atoms with van der Waals surface area (Å²) in [5.74, 6) is -2.91. The first-order valence-corrected chi connectivity index (χ1v) is 11.7. The molecule has 6 nitrogen and oxygen atoms in total. The van der Waals surface area contributed by atoms with Crippen molar-refractivity contribution in [2.75, 3.05) is 18.6 Å². The maximum Gasteiger partial charge on any atom is 0.310 e. The van der Waals surface area contributed by atoms with Crippen LogP contribution in [0.5, 0.6) is 0 Å². The number of carbonyl (C=O) groups is 4. The minimum atomic E-state index is -1.37. The van der Waals surface area contributed by atoms with Crippen molar-refractivity contribution in [2.45, 2.75) is 18.3 Å². The molecule has 3 aromatic rings. The van der Waals surface area contributed by atoms with E-state index in [-0.39, 0.29) is 36.9 Å². The zero-order chi connectivity index (χ0) is 24.6. The van der Waals surface area contributed by atoms with Gasteiger partial charge in [-0.15, -0.1) is 0 Å². The van der Waals surface area contributed by atoms with Gasteiger partial charge in [0.15, 0.2) is 11.6 Å². The van der Waals surface area contributed by atoms with Gasteiger partial charge in [-0.2, -0.15) is 0 Å². The monoisotopic (exact) mass is 467 g/mol. The first kappa shape index (κ1) is 22.7. The Balaban J connectivity index is 1.61. The summed E-state index contributed by atoms with van der Waals surface area (Å²) in [5, 5.41) is 0. The van der Waals surface area contributed by atoms with Crippen LogP contribution in [0.15, 0.2) is 84.9 Å². The average Bonchev–Trinajstić information content (AvgIpc) is 3.12. The summed E-state index contributed by atoms with van der Waals surface area (Å²) in [4.78, 5) is 55.3. The normalized spacial score (nSPS) is 23.2. The molecule has 0 aromatic heterocycles. The van der Waals surface area contributed by atoms with Gasteiger partial charge in [0.25, 0.3) is 0 Å². The number of carbonyl (C=O) groups excluding carboxylic acids is 4. The van der Waals surface area contributed by atoms with Crippen LogP contribution in [0, 0.1) is 11.8 Å². The molecule has 0 radical (unpaired) electrons. The minimum Gasteiger partial charge on any atom is -0.465 e. The van der Waals surface area contributed by atoms with Gasteiger partial charge in [-0.25, -0.2) is 0 Å². The number of rotatable bonds is 6. The quantitative estimate of drug-likeness (QED) is 0.400. The summed E-state index contributed by atoms with van der Waals surface area (Å²) < 4.78 is 5.55. The largest absolute Gasteiger partial charge is 0.465 e. The molecule has 1 saturated heterocycles. The zero-order valence-electron chi connectivity index (χ0n) is 19.3. The SMILES string of the molecule is CN1C(=O)[C@]2(c3ccccc31)[C@@H](CC(=O)c1ccccc1)COC(=O)[C@@H]2CC(=O)c1ccccc1. The van der Waals surface area contributed by atoms with Crippen LogP contribution in [0.2, 0.25) is 0 Å². The molecule has 3 atom stereocenters. The lowest BCUT2D eigenvalue weighted by Gasteiger charge is -2.44. The highest BCUT2D eigenvalue weighted by Gasteiger charge is 2.64. The van der Waals surface area contributed by atoms with Crippen molar-refractivity contribution in [3.8, 4) is 0 Å². The van der Waals surface area contributed by atoms with Gasteiger partial charge in [-0.05, 0) is 11.6 Å². The molecule has 1 amide bonds. The van der Waals surface area contributed by atoms with Crippen molar-refractivity contribution in [3.05, 3.63) is 102 Å². The molecule has 5 rings (SSSR count). The Hall–Kier alpha value is -4.06. The predicted octanol–water partition coefficient (Wildman–Crippen LogP) is 4.24. The number of hydrogen-bond acceptors (Lipinski definition) is 5. The molecule has 176 valence electrons. The number of anilines is 1. The number of Topliss-reactive ketones (excluding diaryl/α,β-unsaturated/α-hetero) is 2. The van der Waals surface area contributed by atoms with Crippen molar-refractivity contribution in [3.63, 3.8) is 0 Å². The summed E-state index contributed by atoms with van der Waals surface area (Å²) in [7, 11) is 1.67. The van der Waals surface area contributed by atoms with Gasteiger partial charge in [0, 0.05) is 42.6 Å². The van der Waals surface area contributed by atoms with Crippen molar-refractivity contribution >= 4 is 29.1 Å². The minimum absolute atomic E-state index is 0.0151. The van der Waals surface area contributed by atoms with Gasteiger partial charge >= 0.3 is 5.97 Å². The predicted molar refractivity (Wildman–Crippen MR) is 130 cm³/mol. The molecule has 0 bridgehead atoms. The van der Waals surface area contributed by atoms with Crippen LogP contribution in [-0.4, -0.2) is 37.1 Å². The lowest BCUT2D eigenvalue weighted by atomic mass is 9.59. The third kappa shape index (κ3) is 3.66. The summed E-state index contributed by atoms with van der Waals surface area (Å²) in [6, 6.07) is 24.9. The van der Waals surface area contributed by atoms with Gasteiger partial charge in [0.2, 0.25) is 5.91 Å². The number of nitrogens with zero attached hydrogens (tertiary/aromatic N) is 1. The van der Waals surface area contributed by atoms with E-state index in [0.717, 1.165) is 0 Å². The Kier molecular flexibility index (Phi) is 5.81. The smallest absolute Gasteiger partial charge is 0.310 e. The van der Waals surface area contributed by atoms with E-state index >= 15 is 0 Å². The van der Waals surface area contributed by atoms with E-state index in [4.69, 9.17) is 4.74 Å². The fourth-order valence-corrected chi connectivity index (χ4v) is 5.59. The van der Waals surface area contributed by atoms with Crippen LogP contribution in [0.25, 0.3) is 0 Å². The van der Waals surface area contributed by atoms with Crippen LogP contribution >= 0.6 is 0 Å². The number of amides is 1. The molecular weight excluding hydrogens is 442 g/mol. The highest BCUT2D eigenvalue weighted by Crippen LogP contribution is 2.54. The number of fused-ring (bicyclic) bond motifs is 2. The fraction of sp³-hybridized carbons (Fsp3) is 0.241. The van der Waals surface area contributed by atoms with Crippen LogP contribution in [0.1, 0.15) is 39.1 Å². The molecule has 1 fully saturated rings. The topological polar surface area (TPSA) is 80.8 Å². The van der Waals surface area contributed by atoms with Crippen molar-refractivity contribution < 1.29 is 23.9 Å². The van der Waals surface area contributed by atoms with Crippen molar-refractivity contribution in [1.29, 1.82) is 0 Å². The molecule has 0 unspecified atom stereocenters. The van der Waals surface area contributed by atoms with E-state index in [1.165, 1.54) is 4.90 Å². The van der Waals surface area contributed by atoms with Gasteiger partial charge in [-0.1, -0.05) is 78.9 Å². The van der Waals surface area contributed by atoms with Crippen LogP contribution in [0.3, 0.4) is 0 Å². The molecule has 2 aliphatic rings. The second kappa shape index (κ2) is 8.95. The van der Waals surface area contributed by atoms with Gasteiger partial charge in [-0.3, -0.25) is 19.2 Å². The summed E-state index contributed by atoms with van der Waals surface area (Å²) >= 11 is 0. The Labute approximate surface area is 203 Å². The number of ether oxygens (including phenoxy) is 1. The van der Waals surface area contributed by atoms with Crippen LogP contribution in [0.4, 0.5) is 5.69 Å². The van der Waals surface area contributed by atoms with Crippen LogP contribution in [-0.2, 0) is 19.7 Å². The molecule has 1 spiro atoms. The number of cyclic esters (lactones) is 1. The lowest BCUT2D eigenvalue weighted by Crippen LogP contribution is -2.58. The molecule has 6 heteroatoms. The molecular formula is C29H25NO5. The standard InChI is InChI=1S/C29H25NO5/c1-30-24-15-9-8-14-22(24)29(28(30)34)21(16-25(31)19-10-4-2-5-11-19)18-35-27(33)23(29)17-26(32)20-12-6-3-7-13-20/h2-15,21,23H,16-18H2,1H3/t21-,23-,29-/m0/s1. The Bertz CT molecular complexity index is 1300. The Morgan fingerprint density at radius 2 is 1.37 bits per heavy atom. The summed E-state index contributed by atoms with van der Waals surface area (Å²) in [6.07, 6.45) is -0.173. The fourth-order valence-electron chi connectivity index (χ4n) is 5.59. The van der Waals surface area contributed by atoms with Crippen LogP contribution < -0.4 is 4.90 Å². The van der Waals surface area contributed by atoms with E-state index in [1.807, 2.05) is 36.4 Å². The van der Waals surface area contributed by atoms with Gasteiger partial charge in [0.05, 0.1) is 17.9 Å². The second-order valence-electron chi connectivity index (χ2n) is 9.12. The first-order chi connectivity index (χ1) is 16.9. The average molecular weight is 468 g/mol. The summed E-state index contributed by atoms with van der Waals surface area (Å²) in [6.45, 7) is -0.0681. The zero-order valence-corrected chi connectivity index (χ0v) is 19.3.